The number of nitrogen functional groups attached to an aromatic ring is 1. The van der Waals surface area contributed by atoms with Crippen LogP contribution in [0.2, 0.25) is 0 Å². The molecule has 0 bridgehead atoms. The van der Waals surface area contributed by atoms with Crippen LogP contribution in [0.5, 0.6) is 0 Å². The summed E-state index contributed by atoms with van der Waals surface area (Å²) >= 11 is 0. The molecule has 1 aromatic carbocycles. The number of nitrogens with one attached hydrogen (secondary N) is 1. The van der Waals surface area contributed by atoms with Crippen LogP contribution in [-0.2, 0) is 6.18 Å². The quantitative estimate of drug-likeness (QED) is 0.620. The van der Waals surface area contributed by atoms with Crippen molar-refractivity contribution in [3.8, 4) is 0 Å². The molecule has 0 unspecified atom stereocenters. The molecule has 0 atom stereocenters. The van der Waals surface area contributed by atoms with Crippen LogP contribution in [0.15, 0.2) is 18.2 Å². The molecule has 0 aliphatic heterocycles. The highest BCUT2D eigenvalue weighted by Crippen LogP contribution is 2.33. The molecule has 0 amide bonds. The van der Waals surface area contributed by atoms with Crippen LogP contribution >= 0.6 is 0 Å². The standard InChI is InChI=1S/C14H20F3N3/c1-3-7-20(8-4-2)12-6-5-10(14(15,16)17)9-11(12)13(18)19/h5-6,9H,3-4,7-8H2,1-2H3,(H3,18,19). The van der Waals surface area contributed by atoms with E-state index in [9.17, 15) is 13.2 Å². The Hall–Kier alpha value is -1.72. The third-order valence-corrected chi connectivity index (χ3v) is 2.94. The van der Waals surface area contributed by atoms with Gasteiger partial charge >= 0.3 is 6.18 Å². The van der Waals surface area contributed by atoms with Crippen molar-refractivity contribution in [1.82, 2.24) is 0 Å². The van der Waals surface area contributed by atoms with Crippen LogP contribution in [0.4, 0.5) is 18.9 Å². The minimum Gasteiger partial charge on any atom is -0.384 e. The maximum Gasteiger partial charge on any atom is 0.416 e. The molecule has 0 spiro atoms. The molecule has 1 aromatic rings. The molecule has 3 nitrogen and oxygen atoms in total. The lowest BCUT2D eigenvalue weighted by Crippen LogP contribution is -2.28. The number of nitrogens with zero attached hydrogens (tertiary/aromatic N) is 1. The van der Waals surface area contributed by atoms with Gasteiger partial charge in [-0.25, -0.2) is 0 Å². The SMILES string of the molecule is CCCN(CCC)c1ccc(C(F)(F)F)cc1C(=N)N. The zero-order valence-electron chi connectivity index (χ0n) is 11.7. The molecule has 0 saturated carbocycles. The number of anilines is 1. The van der Waals surface area contributed by atoms with Gasteiger partial charge in [-0.05, 0) is 31.0 Å². The summed E-state index contributed by atoms with van der Waals surface area (Å²) in [6.45, 7) is 5.44. The number of alkyl halides is 3. The van der Waals surface area contributed by atoms with E-state index in [0.717, 1.165) is 38.1 Å². The molecule has 0 radical (unpaired) electrons. The Morgan fingerprint density at radius 2 is 1.75 bits per heavy atom. The topological polar surface area (TPSA) is 53.1 Å². The predicted octanol–water partition coefficient (Wildman–Crippen LogP) is 3.62. The van der Waals surface area contributed by atoms with Gasteiger partial charge in [0.2, 0.25) is 0 Å². The second kappa shape index (κ2) is 6.63. The van der Waals surface area contributed by atoms with E-state index in [2.05, 4.69) is 0 Å². The Morgan fingerprint density at radius 3 is 2.15 bits per heavy atom. The zero-order valence-corrected chi connectivity index (χ0v) is 11.7. The third kappa shape index (κ3) is 3.88. The van der Waals surface area contributed by atoms with Crippen LogP contribution in [0.3, 0.4) is 0 Å². The minimum absolute atomic E-state index is 0.140. The van der Waals surface area contributed by atoms with Gasteiger partial charge in [-0.2, -0.15) is 13.2 Å². The molecular formula is C14H20F3N3. The normalized spacial score (nSPS) is 11.4. The van der Waals surface area contributed by atoms with Crippen molar-refractivity contribution in [3.05, 3.63) is 29.3 Å². The van der Waals surface area contributed by atoms with E-state index in [1.54, 1.807) is 0 Å². The van der Waals surface area contributed by atoms with E-state index in [1.165, 1.54) is 6.07 Å². The lowest BCUT2D eigenvalue weighted by molar-refractivity contribution is -0.137. The summed E-state index contributed by atoms with van der Waals surface area (Å²) in [5.41, 5.74) is 5.40. The molecule has 0 heterocycles. The van der Waals surface area contributed by atoms with Gasteiger partial charge in [0.15, 0.2) is 0 Å². The Kier molecular flexibility index (Phi) is 5.42. The molecule has 0 aliphatic rings. The Balaban J connectivity index is 3.28. The fraction of sp³-hybridized carbons (Fsp3) is 0.500. The van der Waals surface area contributed by atoms with Crippen LogP contribution in [0, 0.1) is 5.41 Å². The molecule has 0 aliphatic carbocycles. The summed E-state index contributed by atoms with van der Waals surface area (Å²) < 4.78 is 38.2. The van der Waals surface area contributed by atoms with Crippen LogP contribution in [0.1, 0.15) is 37.8 Å². The molecule has 6 heteroatoms. The molecule has 0 fully saturated rings. The van der Waals surface area contributed by atoms with E-state index in [4.69, 9.17) is 11.1 Å². The summed E-state index contributed by atoms with van der Waals surface area (Å²) in [4.78, 5) is 1.97. The van der Waals surface area contributed by atoms with Crippen LogP contribution in [0.25, 0.3) is 0 Å². The van der Waals surface area contributed by atoms with Gasteiger partial charge in [-0.15, -0.1) is 0 Å². The van der Waals surface area contributed by atoms with Gasteiger partial charge in [-0.3, -0.25) is 5.41 Å². The number of hydrogen-bond acceptors (Lipinski definition) is 2. The molecule has 0 aromatic heterocycles. The fourth-order valence-electron chi connectivity index (χ4n) is 2.10. The second-order valence-corrected chi connectivity index (χ2v) is 4.63. The molecule has 1 rings (SSSR count). The first-order valence-corrected chi connectivity index (χ1v) is 6.61. The smallest absolute Gasteiger partial charge is 0.384 e. The van der Waals surface area contributed by atoms with Gasteiger partial charge in [0.1, 0.15) is 5.84 Å². The maximum absolute atomic E-state index is 12.7. The molecular weight excluding hydrogens is 267 g/mol. The summed E-state index contributed by atoms with van der Waals surface area (Å²) in [5, 5.41) is 7.52. The number of rotatable bonds is 6. The van der Waals surface area contributed by atoms with Gasteiger partial charge in [0.05, 0.1) is 5.56 Å². The Bertz CT molecular complexity index is 463. The molecule has 3 N–H and O–H groups in total. The van der Waals surface area contributed by atoms with Crippen molar-refractivity contribution in [1.29, 1.82) is 5.41 Å². The highest BCUT2D eigenvalue weighted by atomic mass is 19.4. The average molecular weight is 287 g/mol. The first kappa shape index (κ1) is 16.3. The Morgan fingerprint density at radius 1 is 1.20 bits per heavy atom. The van der Waals surface area contributed by atoms with Gasteiger partial charge in [-0.1, -0.05) is 13.8 Å². The second-order valence-electron chi connectivity index (χ2n) is 4.63. The van der Waals surface area contributed by atoms with Crippen molar-refractivity contribution in [2.75, 3.05) is 18.0 Å². The van der Waals surface area contributed by atoms with E-state index >= 15 is 0 Å². The fourth-order valence-corrected chi connectivity index (χ4v) is 2.10. The van der Waals surface area contributed by atoms with Crippen molar-refractivity contribution in [2.24, 2.45) is 5.73 Å². The molecule has 0 saturated heterocycles. The van der Waals surface area contributed by atoms with Gasteiger partial charge < -0.3 is 10.6 Å². The largest absolute Gasteiger partial charge is 0.416 e. The summed E-state index contributed by atoms with van der Waals surface area (Å²) in [6.07, 6.45) is -2.68. The van der Waals surface area contributed by atoms with E-state index in [-0.39, 0.29) is 11.4 Å². The highest BCUT2D eigenvalue weighted by Gasteiger charge is 2.31. The summed E-state index contributed by atoms with van der Waals surface area (Å²) in [5.74, 6) is -0.344. The lowest BCUT2D eigenvalue weighted by Gasteiger charge is -2.26. The summed E-state index contributed by atoms with van der Waals surface area (Å²) in [6, 6.07) is 3.40. The van der Waals surface area contributed by atoms with Crippen molar-refractivity contribution >= 4 is 11.5 Å². The van der Waals surface area contributed by atoms with Crippen molar-refractivity contribution < 1.29 is 13.2 Å². The van der Waals surface area contributed by atoms with Gasteiger partial charge in [0, 0.05) is 24.3 Å². The predicted molar refractivity (Wildman–Crippen MR) is 75.3 cm³/mol. The van der Waals surface area contributed by atoms with E-state index in [1.807, 2.05) is 18.7 Å². The van der Waals surface area contributed by atoms with Crippen LogP contribution in [-0.4, -0.2) is 18.9 Å². The van der Waals surface area contributed by atoms with E-state index in [0.29, 0.717) is 5.69 Å². The number of nitrogens with two attached hydrogens (primary N) is 1. The lowest BCUT2D eigenvalue weighted by atomic mass is 10.1. The third-order valence-electron chi connectivity index (χ3n) is 2.94. The highest BCUT2D eigenvalue weighted by molar-refractivity contribution is 6.00. The minimum atomic E-state index is -4.43. The zero-order chi connectivity index (χ0) is 15.3. The molecule has 20 heavy (non-hydrogen) atoms. The monoisotopic (exact) mass is 287 g/mol. The average Bonchev–Trinajstić information content (AvgIpc) is 2.36. The van der Waals surface area contributed by atoms with Crippen molar-refractivity contribution in [2.45, 2.75) is 32.9 Å². The first-order chi connectivity index (χ1) is 9.31. The van der Waals surface area contributed by atoms with Gasteiger partial charge in [0.25, 0.3) is 0 Å². The first-order valence-electron chi connectivity index (χ1n) is 6.61. The molecule has 112 valence electrons. The maximum atomic E-state index is 12.7. The summed E-state index contributed by atoms with van der Waals surface area (Å²) in [7, 11) is 0. The number of amidine groups is 1. The number of benzene rings is 1. The van der Waals surface area contributed by atoms with E-state index < -0.39 is 11.7 Å². The van der Waals surface area contributed by atoms with Crippen molar-refractivity contribution in [3.63, 3.8) is 0 Å². The number of hydrogen-bond donors (Lipinski definition) is 2. The van der Waals surface area contributed by atoms with Crippen LogP contribution < -0.4 is 10.6 Å². The number of halogens is 3. The Labute approximate surface area is 117 Å².